The Labute approximate surface area is 195 Å². The van der Waals surface area contributed by atoms with Gasteiger partial charge in [0.05, 0.1) is 21.0 Å². The molecule has 158 valence electrons. The number of halogens is 2. The van der Waals surface area contributed by atoms with Gasteiger partial charge in [0.1, 0.15) is 0 Å². The van der Waals surface area contributed by atoms with Crippen LogP contribution in [0.5, 0.6) is 0 Å². The zero-order valence-corrected chi connectivity index (χ0v) is 19.0. The van der Waals surface area contributed by atoms with E-state index in [1.807, 2.05) is 49.4 Å². The Balaban J connectivity index is 1.53. The summed E-state index contributed by atoms with van der Waals surface area (Å²) in [6.45, 7) is 1.81. The second kappa shape index (κ2) is 11.0. The number of anilines is 2. The van der Waals surface area contributed by atoms with Gasteiger partial charge in [-0.3, -0.25) is 9.59 Å². The lowest BCUT2D eigenvalue weighted by atomic mass is 10.2. The predicted molar refractivity (Wildman–Crippen MR) is 131 cm³/mol. The normalized spacial score (nSPS) is 11.8. The molecule has 0 aromatic heterocycles. The van der Waals surface area contributed by atoms with E-state index in [-0.39, 0.29) is 17.1 Å². The molecule has 0 aliphatic heterocycles. The Bertz CT molecular complexity index is 1090. The van der Waals surface area contributed by atoms with Gasteiger partial charge in [-0.05, 0) is 55.0 Å². The van der Waals surface area contributed by atoms with Crippen LogP contribution in [0.1, 0.15) is 12.5 Å². The number of hydrogen-bond donors (Lipinski definition) is 2. The maximum absolute atomic E-state index is 12.5. The summed E-state index contributed by atoms with van der Waals surface area (Å²) in [6, 6.07) is 22.0. The van der Waals surface area contributed by atoms with Gasteiger partial charge in [-0.2, -0.15) is 0 Å². The number of benzene rings is 3. The van der Waals surface area contributed by atoms with E-state index in [4.69, 9.17) is 23.2 Å². The van der Waals surface area contributed by atoms with Gasteiger partial charge in [0.15, 0.2) is 0 Å². The summed E-state index contributed by atoms with van der Waals surface area (Å²) >= 11 is 13.5. The standard InChI is InChI=1S/C24H20Cl2N2O2S/c1-16(24(30)28-21-9-5-8-20(25)23(21)26)31-19-13-11-18(12-14-19)27-22(29)15-10-17-6-3-2-4-7-17/h2-16H,1H3,(H,27,29)(H,28,30)/b15-10+. The fourth-order valence-corrected chi connectivity index (χ4v) is 3.84. The van der Waals surface area contributed by atoms with Gasteiger partial charge in [0.2, 0.25) is 11.8 Å². The van der Waals surface area contributed by atoms with Crippen LogP contribution in [0.2, 0.25) is 10.0 Å². The molecule has 3 aromatic rings. The number of hydrogen-bond acceptors (Lipinski definition) is 3. The summed E-state index contributed by atoms with van der Waals surface area (Å²) in [5.41, 5.74) is 2.11. The van der Waals surface area contributed by atoms with Crippen LogP contribution in [0.25, 0.3) is 6.08 Å². The number of amides is 2. The third kappa shape index (κ3) is 6.89. The Morgan fingerprint density at radius 1 is 0.903 bits per heavy atom. The number of thioether (sulfide) groups is 1. The third-order valence-corrected chi connectivity index (χ3v) is 6.17. The van der Waals surface area contributed by atoms with E-state index in [0.29, 0.717) is 21.4 Å². The van der Waals surface area contributed by atoms with E-state index in [2.05, 4.69) is 10.6 Å². The van der Waals surface area contributed by atoms with Crippen LogP contribution in [0.4, 0.5) is 11.4 Å². The minimum atomic E-state index is -0.357. The lowest BCUT2D eigenvalue weighted by Gasteiger charge is -2.13. The van der Waals surface area contributed by atoms with Crippen molar-refractivity contribution in [1.29, 1.82) is 0 Å². The molecule has 0 heterocycles. The molecule has 0 saturated carbocycles. The maximum Gasteiger partial charge on any atom is 0.248 e. The molecule has 1 atom stereocenters. The quantitative estimate of drug-likeness (QED) is 0.296. The van der Waals surface area contributed by atoms with Crippen molar-refractivity contribution in [3.05, 3.63) is 94.5 Å². The van der Waals surface area contributed by atoms with Gasteiger partial charge in [0.25, 0.3) is 0 Å². The van der Waals surface area contributed by atoms with E-state index >= 15 is 0 Å². The van der Waals surface area contributed by atoms with Gasteiger partial charge in [-0.15, -0.1) is 11.8 Å². The SMILES string of the molecule is CC(Sc1ccc(NC(=O)/C=C/c2ccccc2)cc1)C(=O)Nc1cccc(Cl)c1Cl. The predicted octanol–water partition coefficient (Wildman–Crippen LogP) is 6.76. The first kappa shape index (κ1) is 22.9. The summed E-state index contributed by atoms with van der Waals surface area (Å²) in [7, 11) is 0. The van der Waals surface area contributed by atoms with Crippen molar-refractivity contribution in [3.63, 3.8) is 0 Å². The molecule has 4 nitrogen and oxygen atoms in total. The highest BCUT2D eigenvalue weighted by Crippen LogP contribution is 2.31. The highest BCUT2D eigenvalue weighted by Gasteiger charge is 2.16. The van der Waals surface area contributed by atoms with Crippen molar-refractivity contribution in [2.24, 2.45) is 0 Å². The van der Waals surface area contributed by atoms with Gasteiger partial charge < -0.3 is 10.6 Å². The minimum Gasteiger partial charge on any atom is -0.324 e. The largest absolute Gasteiger partial charge is 0.324 e. The summed E-state index contributed by atoms with van der Waals surface area (Å²) in [4.78, 5) is 25.5. The van der Waals surface area contributed by atoms with Crippen LogP contribution < -0.4 is 10.6 Å². The lowest BCUT2D eigenvalue weighted by Crippen LogP contribution is -2.22. The molecular weight excluding hydrogens is 451 g/mol. The zero-order valence-electron chi connectivity index (χ0n) is 16.6. The van der Waals surface area contributed by atoms with E-state index in [0.717, 1.165) is 10.5 Å². The Kier molecular flexibility index (Phi) is 8.18. The van der Waals surface area contributed by atoms with Crippen molar-refractivity contribution in [2.75, 3.05) is 10.6 Å². The van der Waals surface area contributed by atoms with Gasteiger partial charge >= 0.3 is 0 Å². The Morgan fingerprint density at radius 2 is 1.61 bits per heavy atom. The molecule has 0 fully saturated rings. The van der Waals surface area contributed by atoms with Crippen molar-refractivity contribution >= 4 is 64.2 Å². The molecule has 1 unspecified atom stereocenters. The molecule has 2 amide bonds. The molecule has 0 aliphatic rings. The number of rotatable bonds is 7. The average molecular weight is 471 g/mol. The van der Waals surface area contributed by atoms with Crippen molar-refractivity contribution in [1.82, 2.24) is 0 Å². The van der Waals surface area contributed by atoms with Crippen LogP contribution in [-0.4, -0.2) is 17.1 Å². The zero-order chi connectivity index (χ0) is 22.2. The van der Waals surface area contributed by atoms with Crippen LogP contribution in [-0.2, 0) is 9.59 Å². The fraction of sp³-hybridized carbons (Fsp3) is 0.0833. The summed E-state index contributed by atoms with van der Waals surface area (Å²) in [5, 5.41) is 5.96. The molecule has 0 saturated heterocycles. The second-order valence-corrected chi connectivity index (χ2v) is 8.81. The van der Waals surface area contributed by atoms with Crippen LogP contribution in [0.15, 0.2) is 83.8 Å². The molecule has 0 spiro atoms. The van der Waals surface area contributed by atoms with Crippen molar-refractivity contribution in [2.45, 2.75) is 17.1 Å². The summed E-state index contributed by atoms with van der Waals surface area (Å²) in [6.07, 6.45) is 3.25. The van der Waals surface area contributed by atoms with Crippen LogP contribution >= 0.6 is 35.0 Å². The third-order valence-electron chi connectivity index (χ3n) is 4.24. The first-order chi connectivity index (χ1) is 14.9. The van der Waals surface area contributed by atoms with E-state index in [1.54, 1.807) is 36.4 Å². The molecular formula is C24H20Cl2N2O2S. The van der Waals surface area contributed by atoms with Gasteiger partial charge in [-0.1, -0.05) is 59.6 Å². The smallest absolute Gasteiger partial charge is 0.248 e. The molecule has 31 heavy (non-hydrogen) atoms. The number of carbonyl (C=O) groups excluding carboxylic acids is 2. The average Bonchev–Trinajstić information content (AvgIpc) is 2.77. The Morgan fingerprint density at radius 3 is 2.32 bits per heavy atom. The molecule has 0 radical (unpaired) electrons. The molecule has 7 heteroatoms. The summed E-state index contributed by atoms with van der Waals surface area (Å²) < 4.78 is 0. The van der Waals surface area contributed by atoms with Gasteiger partial charge in [0, 0.05) is 16.7 Å². The van der Waals surface area contributed by atoms with Crippen molar-refractivity contribution in [3.8, 4) is 0 Å². The topological polar surface area (TPSA) is 58.2 Å². The van der Waals surface area contributed by atoms with E-state index < -0.39 is 0 Å². The van der Waals surface area contributed by atoms with Crippen LogP contribution in [0.3, 0.4) is 0 Å². The van der Waals surface area contributed by atoms with E-state index in [9.17, 15) is 9.59 Å². The first-order valence-electron chi connectivity index (χ1n) is 9.48. The monoisotopic (exact) mass is 470 g/mol. The first-order valence-corrected chi connectivity index (χ1v) is 11.1. The molecule has 0 bridgehead atoms. The Hall–Kier alpha value is -2.73. The van der Waals surface area contributed by atoms with Gasteiger partial charge in [-0.25, -0.2) is 0 Å². The molecule has 2 N–H and O–H groups in total. The second-order valence-electron chi connectivity index (χ2n) is 6.61. The molecule has 3 aromatic carbocycles. The summed E-state index contributed by atoms with van der Waals surface area (Å²) in [5.74, 6) is -0.395. The number of nitrogens with one attached hydrogen (secondary N) is 2. The maximum atomic E-state index is 12.5. The highest BCUT2D eigenvalue weighted by atomic mass is 35.5. The van der Waals surface area contributed by atoms with Crippen LogP contribution in [0, 0.1) is 0 Å². The molecule has 3 rings (SSSR count). The highest BCUT2D eigenvalue weighted by molar-refractivity contribution is 8.00. The van der Waals surface area contributed by atoms with E-state index in [1.165, 1.54) is 17.8 Å². The molecule has 0 aliphatic carbocycles. The lowest BCUT2D eigenvalue weighted by molar-refractivity contribution is -0.115. The van der Waals surface area contributed by atoms with Crippen molar-refractivity contribution < 1.29 is 9.59 Å². The number of carbonyl (C=O) groups is 2. The minimum absolute atomic E-state index is 0.183. The fourth-order valence-electron chi connectivity index (χ4n) is 2.63.